The van der Waals surface area contributed by atoms with E-state index in [0.717, 1.165) is 0 Å². The second-order valence-corrected chi connectivity index (χ2v) is 1.48. The minimum absolute atomic E-state index is 0.199. The summed E-state index contributed by atoms with van der Waals surface area (Å²) in [7, 11) is 0. The summed E-state index contributed by atoms with van der Waals surface area (Å²) in [4.78, 5) is 10.5. The maximum absolute atomic E-state index is 10.5. The van der Waals surface area contributed by atoms with E-state index in [1.54, 1.807) is 0 Å². The zero-order valence-electron chi connectivity index (χ0n) is 3.80. The van der Waals surface area contributed by atoms with E-state index in [1.165, 1.54) is 0 Å². The Morgan fingerprint density at radius 2 is 2.12 bits per heavy atom. The van der Waals surface area contributed by atoms with Gasteiger partial charge in [-0.3, -0.25) is 15.0 Å². The normalized spacial score (nSPS) is 13.0. The Morgan fingerprint density at radius 1 is 1.25 bits per heavy atom. The van der Waals surface area contributed by atoms with E-state index in [1.807, 2.05) is 0 Å². The van der Waals surface area contributed by atoms with Crippen LogP contribution in [0, 0.1) is 0 Å². The number of hydrogen-bond acceptors (Lipinski definition) is 3. The largest absolute Gasteiger partial charge is 0.294 e. The molecule has 0 aromatic carbocycles. The second-order valence-electron chi connectivity index (χ2n) is 1.48. The van der Waals surface area contributed by atoms with Crippen LogP contribution in [0.1, 0.15) is 0 Å². The highest BCUT2D eigenvalue weighted by molar-refractivity contribution is 4.83. The van der Waals surface area contributed by atoms with Crippen molar-refractivity contribution in [3.05, 3.63) is 21.2 Å². The zero-order valence-corrected chi connectivity index (χ0v) is 3.80. The van der Waals surface area contributed by atoms with Crippen molar-refractivity contribution in [3.8, 4) is 0 Å². The lowest BCUT2D eigenvalue weighted by Gasteiger charge is -1.79. The molecule has 0 unspecified atom stereocenters. The molecule has 2 heterocycles. The van der Waals surface area contributed by atoms with Gasteiger partial charge in [-0.2, -0.15) is 0 Å². The molecule has 0 aliphatic carbocycles. The fourth-order valence-corrected chi connectivity index (χ4v) is 0.562. The van der Waals surface area contributed by atoms with Crippen molar-refractivity contribution in [2.75, 3.05) is 0 Å². The topological polar surface area (TPSA) is 73.4 Å². The van der Waals surface area contributed by atoms with E-state index in [-0.39, 0.29) is 5.56 Å². The molecule has 2 rings (SSSR count). The summed E-state index contributed by atoms with van der Waals surface area (Å²) in [5.74, 6) is 0. The maximum Gasteiger partial charge on any atom is 0.294 e. The van der Waals surface area contributed by atoms with Gasteiger partial charge in [0.05, 0.1) is 0 Å². The van der Waals surface area contributed by atoms with Gasteiger partial charge < -0.3 is 0 Å². The highest BCUT2D eigenvalue weighted by Crippen LogP contribution is 1.63. The number of aromatic nitrogens is 2. The van der Waals surface area contributed by atoms with Crippen molar-refractivity contribution < 1.29 is 0 Å². The highest BCUT2D eigenvalue weighted by atomic mass is 16.1. The Kier molecular flexibility index (Phi) is 0.397. The molecular weight excluding hydrogens is 108 g/mol. The number of nitrogens with zero attached hydrogens (tertiary/aromatic N) is 2. The number of hydrogen-bond donors (Lipinski definition) is 2. The van der Waals surface area contributed by atoms with Crippen molar-refractivity contribution >= 4 is 0 Å². The third-order valence-electron chi connectivity index (χ3n) is 0.984. The lowest BCUT2D eigenvalue weighted by Crippen LogP contribution is -2.38. The van der Waals surface area contributed by atoms with Crippen LogP contribution in [0.25, 0.3) is 0 Å². The first kappa shape index (κ1) is 3.59. The van der Waals surface area contributed by atoms with Gasteiger partial charge in [0.1, 0.15) is 0 Å². The Bertz CT molecular complexity index is 352. The molecule has 1 aromatic heterocycles. The number of H-pyrrole nitrogens is 2. The van der Waals surface area contributed by atoms with E-state index in [2.05, 4.69) is 20.4 Å². The molecule has 0 saturated heterocycles. The standard InChI is InChI=1S/C3H2N4O/c8-3-1-2(5-4-1)6-7-3/h(H2,5,6,7,8). The molecule has 5 heteroatoms. The maximum atomic E-state index is 10.5. The Morgan fingerprint density at radius 3 is 2.38 bits per heavy atom. The molecule has 2 N–H and O–H groups in total. The molecule has 8 heavy (non-hydrogen) atoms. The van der Waals surface area contributed by atoms with E-state index >= 15 is 0 Å². The van der Waals surface area contributed by atoms with Gasteiger partial charge in [-0.05, 0) is 0 Å². The van der Waals surface area contributed by atoms with Crippen molar-refractivity contribution in [1.29, 1.82) is 0 Å². The molecule has 1 aliphatic heterocycles. The molecule has 40 valence electrons. The van der Waals surface area contributed by atoms with Crippen LogP contribution >= 0.6 is 0 Å². The van der Waals surface area contributed by atoms with Gasteiger partial charge in [0.15, 0.2) is 5.36 Å². The molecular formula is C3H2N4O. The van der Waals surface area contributed by atoms with Crippen LogP contribution in [-0.4, -0.2) is 10.2 Å². The predicted octanol–water partition coefficient (Wildman–Crippen LogP) is -2.13. The van der Waals surface area contributed by atoms with Crippen molar-refractivity contribution in [2.45, 2.75) is 0 Å². The molecule has 0 spiro atoms. The fraction of sp³-hybridized carbons (Fsp3) is 0. The van der Waals surface area contributed by atoms with Crippen molar-refractivity contribution in [1.82, 2.24) is 10.2 Å². The summed E-state index contributed by atoms with van der Waals surface area (Å²) in [5, 5.41) is 12.2. The van der Waals surface area contributed by atoms with E-state index in [9.17, 15) is 4.79 Å². The quantitative estimate of drug-likeness (QED) is 0.393. The third-order valence-corrected chi connectivity index (χ3v) is 0.984. The summed E-state index contributed by atoms with van der Waals surface area (Å²) in [6, 6.07) is 0. The summed E-state index contributed by atoms with van der Waals surface area (Å²) < 4.78 is 0. The van der Waals surface area contributed by atoms with E-state index in [0.29, 0.717) is 10.8 Å². The average molecular weight is 110 g/mol. The van der Waals surface area contributed by atoms with Gasteiger partial charge in [0.25, 0.3) is 5.56 Å². The molecule has 0 amide bonds. The first-order chi connectivity index (χ1) is 3.88. The molecule has 0 bridgehead atoms. The lowest BCUT2D eigenvalue weighted by atomic mass is 10.6. The van der Waals surface area contributed by atoms with Gasteiger partial charge in [-0.1, -0.05) is 0 Å². The van der Waals surface area contributed by atoms with Gasteiger partial charge in [0.2, 0.25) is 5.49 Å². The van der Waals surface area contributed by atoms with Crippen LogP contribution in [0.15, 0.2) is 15.0 Å². The summed E-state index contributed by atoms with van der Waals surface area (Å²) >= 11 is 0. The van der Waals surface area contributed by atoms with Crippen LogP contribution in [0.5, 0.6) is 0 Å². The lowest BCUT2D eigenvalue weighted by molar-refractivity contribution is 0.894. The third kappa shape index (κ3) is 0.218. The zero-order chi connectivity index (χ0) is 5.56. The summed E-state index contributed by atoms with van der Waals surface area (Å²) in [6.45, 7) is 0. The van der Waals surface area contributed by atoms with Crippen LogP contribution < -0.4 is 16.4 Å². The van der Waals surface area contributed by atoms with Gasteiger partial charge >= 0.3 is 0 Å². The Labute approximate surface area is 42.7 Å². The van der Waals surface area contributed by atoms with Crippen LogP contribution in [0.4, 0.5) is 0 Å². The number of rotatable bonds is 0. The molecule has 1 aromatic rings. The minimum Gasteiger partial charge on any atom is -0.278 e. The number of fused-ring (bicyclic) bond motifs is 1. The number of nitrogens with one attached hydrogen (secondary N) is 2. The van der Waals surface area contributed by atoms with Crippen molar-refractivity contribution in [2.24, 2.45) is 10.2 Å². The molecule has 0 fully saturated rings. The van der Waals surface area contributed by atoms with Gasteiger partial charge in [0, 0.05) is 0 Å². The second kappa shape index (κ2) is 0.885. The first-order valence-corrected chi connectivity index (χ1v) is 2.10. The smallest absolute Gasteiger partial charge is 0.278 e. The fourth-order valence-electron chi connectivity index (χ4n) is 0.562. The van der Waals surface area contributed by atoms with Gasteiger partial charge in [-0.25, -0.2) is 0 Å². The summed E-state index contributed by atoms with van der Waals surface area (Å²) in [5.41, 5.74) is 0.352. The predicted molar refractivity (Wildman–Crippen MR) is 23.7 cm³/mol. The van der Waals surface area contributed by atoms with Crippen LogP contribution in [0.2, 0.25) is 0 Å². The van der Waals surface area contributed by atoms with E-state index in [4.69, 9.17) is 0 Å². The first-order valence-electron chi connectivity index (χ1n) is 2.10. The minimum atomic E-state index is -0.199. The molecule has 5 nitrogen and oxygen atoms in total. The average Bonchev–Trinajstić information content (AvgIpc) is 1.80. The number of aromatic amines is 2. The molecule has 0 atom stereocenters. The van der Waals surface area contributed by atoms with Crippen molar-refractivity contribution in [3.63, 3.8) is 0 Å². The Hall–Kier alpha value is -1.39. The monoisotopic (exact) mass is 110 g/mol. The summed E-state index contributed by atoms with van der Waals surface area (Å²) in [6.07, 6.45) is 0. The van der Waals surface area contributed by atoms with Crippen LogP contribution in [0.3, 0.4) is 0 Å². The highest BCUT2D eigenvalue weighted by Gasteiger charge is 2.01. The Balaban J connectivity index is 3.30. The van der Waals surface area contributed by atoms with E-state index < -0.39 is 0 Å². The van der Waals surface area contributed by atoms with Crippen LogP contribution in [-0.2, 0) is 0 Å². The molecule has 0 radical (unpaired) electrons. The molecule has 1 aliphatic rings. The molecule has 0 saturated carbocycles. The SMILES string of the molecule is O=c1[nH][nH]c2c1=NN=2. The van der Waals surface area contributed by atoms with Gasteiger partial charge in [-0.15, -0.1) is 10.2 Å².